The van der Waals surface area contributed by atoms with E-state index in [0.29, 0.717) is 37.2 Å². The minimum absolute atomic E-state index is 0.234. The molecule has 4 aromatic rings. The van der Waals surface area contributed by atoms with Crippen LogP contribution >= 0.6 is 46.3 Å². The van der Waals surface area contributed by atoms with E-state index in [2.05, 4.69) is 21.4 Å². The molecule has 33 heavy (non-hydrogen) atoms. The van der Waals surface area contributed by atoms with Crippen LogP contribution in [-0.4, -0.2) is 21.1 Å². The van der Waals surface area contributed by atoms with Gasteiger partial charge in [0.15, 0.2) is 5.13 Å². The van der Waals surface area contributed by atoms with Crippen LogP contribution in [0.3, 0.4) is 0 Å². The van der Waals surface area contributed by atoms with Crippen molar-refractivity contribution in [3.8, 4) is 28.6 Å². The fraction of sp³-hybridized carbons (Fsp3) is 0.0833. The number of thiazole rings is 1. The van der Waals surface area contributed by atoms with Crippen LogP contribution < -0.4 is 5.32 Å². The number of carbonyl (C=O) groups excluding carboxylic acids is 1. The van der Waals surface area contributed by atoms with Crippen LogP contribution in [0.25, 0.3) is 22.5 Å². The molecule has 0 radical (unpaired) electrons. The highest BCUT2D eigenvalue weighted by molar-refractivity contribution is 8.00. The van der Waals surface area contributed by atoms with Gasteiger partial charge in [-0.15, -0.1) is 11.3 Å². The van der Waals surface area contributed by atoms with Crippen molar-refractivity contribution < 1.29 is 4.79 Å². The van der Waals surface area contributed by atoms with E-state index in [4.69, 9.17) is 23.2 Å². The van der Waals surface area contributed by atoms with Gasteiger partial charge >= 0.3 is 0 Å². The molecule has 0 saturated heterocycles. The van der Waals surface area contributed by atoms with Crippen molar-refractivity contribution in [1.29, 1.82) is 5.26 Å². The summed E-state index contributed by atoms with van der Waals surface area (Å²) >= 11 is 14.8. The van der Waals surface area contributed by atoms with Gasteiger partial charge in [-0.2, -0.15) is 5.26 Å². The number of hydrogen-bond donors (Lipinski definition) is 1. The number of amides is 1. The first kappa shape index (κ1) is 23.3. The summed E-state index contributed by atoms with van der Waals surface area (Å²) in [4.78, 5) is 21.9. The second-order valence-corrected chi connectivity index (χ2v) is 9.97. The van der Waals surface area contributed by atoms with Crippen molar-refractivity contribution in [3.63, 3.8) is 0 Å². The summed E-state index contributed by atoms with van der Waals surface area (Å²) in [7, 11) is 0. The summed E-state index contributed by atoms with van der Waals surface area (Å²) in [5.41, 5.74) is 3.49. The number of nitrogens with zero attached hydrogens (tertiary/aromatic N) is 3. The molecule has 4 rings (SSSR count). The molecule has 1 N–H and O–H groups in total. The third kappa shape index (κ3) is 5.55. The SMILES string of the molecule is CC(Sc1nc(-c2ccc(Cl)cc2)ccc1C#N)C(=O)Nc1nc(-c2ccccc2Cl)cs1. The zero-order valence-corrected chi connectivity index (χ0v) is 20.4. The Kier molecular flexibility index (Phi) is 7.31. The van der Waals surface area contributed by atoms with Crippen LogP contribution in [-0.2, 0) is 4.79 Å². The highest BCUT2D eigenvalue weighted by Gasteiger charge is 2.20. The molecule has 2 heterocycles. The zero-order valence-electron chi connectivity index (χ0n) is 17.3. The number of benzene rings is 2. The summed E-state index contributed by atoms with van der Waals surface area (Å²) in [6.45, 7) is 1.76. The quantitative estimate of drug-likeness (QED) is 0.278. The Morgan fingerprint density at radius 1 is 1.06 bits per heavy atom. The van der Waals surface area contributed by atoms with Crippen molar-refractivity contribution in [1.82, 2.24) is 9.97 Å². The lowest BCUT2D eigenvalue weighted by Crippen LogP contribution is -2.22. The second kappa shape index (κ2) is 10.4. The predicted octanol–water partition coefficient (Wildman–Crippen LogP) is 7.17. The number of nitriles is 1. The van der Waals surface area contributed by atoms with Crippen LogP contribution in [0, 0.1) is 11.3 Å². The van der Waals surface area contributed by atoms with E-state index in [1.807, 2.05) is 35.7 Å². The summed E-state index contributed by atoms with van der Waals surface area (Å²) in [6, 6.07) is 20.3. The number of pyridine rings is 1. The van der Waals surface area contributed by atoms with Crippen molar-refractivity contribution in [2.75, 3.05) is 5.32 Å². The molecule has 164 valence electrons. The van der Waals surface area contributed by atoms with Gasteiger partial charge in [0.05, 0.1) is 22.2 Å². The summed E-state index contributed by atoms with van der Waals surface area (Å²) in [6.07, 6.45) is 0. The number of rotatable bonds is 6. The third-order valence-corrected chi connectivity index (χ3v) is 7.10. The van der Waals surface area contributed by atoms with Crippen molar-refractivity contribution >= 4 is 57.3 Å². The van der Waals surface area contributed by atoms with Gasteiger partial charge in [0.1, 0.15) is 11.1 Å². The van der Waals surface area contributed by atoms with Crippen LogP contribution in [0.15, 0.2) is 71.1 Å². The van der Waals surface area contributed by atoms with E-state index in [1.165, 1.54) is 23.1 Å². The molecule has 1 amide bonds. The number of hydrogen-bond acceptors (Lipinski definition) is 6. The van der Waals surface area contributed by atoms with Gasteiger partial charge in [-0.05, 0) is 37.3 Å². The molecule has 0 fully saturated rings. The van der Waals surface area contributed by atoms with E-state index in [-0.39, 0.29) is 5.91 Å². The average Bonchev–Trinajstić information content (AvgIpc) is 3.28. The predicted molar refractivity (Wildman–Crippen MR) is 136 cm³/mol. The first-order valence-electron chi connectivity index (χ1n) is 9.79. The minimum atomic E-state index is -0.502. The van der Waals surface area contributed by atoms with Gasteiger partial charge in [0, 0.05) is 26.6 Å². The molecule has 0 aliphatic heterocycles. The minimum Gasteiger partial charge on any atom is -0.301 e. The molecule has 2 aromatic heterocycles. The highest BCUT2D eigenvalue weighted by atomic mass is 35.5. The molecular formula is C24H16Cl2N4OS2. The lowest BCUT2D eigenvalue weighted by Gasteiger charge is -2.12. The van der Waals surface area contributed by atoms with Crippen molar-refractivity contribution in [3.05, 3.63) is 81.7 Å². The monoisotopic (exact) mass is 510 g/mol. The molecule has 0 bridgehead atoms. The normalized spacial score (nSPS) is 11.6. The lowest BCUT2D eigenvalue weighted by atomic mass is 10.1. The Balaban J connectivity index is 1.49. The smallest absolute Gasteiger partial charge is 0.239 e. The number of anilines is 1. The van der Waals surface area contributed by atoms with Gasteiger partial charge < -0.3 is 5.32 Å². The number of nitrogens with one attached hydrogen (secondary N) is 1. The highest BCUT2D eigenvalue weighted by Crippen LogP contribution is 2.32. The maximum Gasteiger partial charge on any atom is 0.239 e. The third-order valence-electron chi connectivity index (χ3n) is 4.66. The average molecular weight is 511 g/mol. The Morgan fingerprint density at radius 3 is 2.55 bits per heavy atom. The zero-order chi connectivity index (χ0) is 23.4. The van der Waals surface area contributed by atoms with E-state index >= 15 is 0 Å². The van der Waals surface area contributed by atoms with Crippen LogP contribution in [0.1, 0.15) is 12.5 Å². The molecule has 0 saturated carbocycles. The van der Waals surface area contributed by atoms with E-state index < -0.39 is 5.25 Å². The molecule has 0 spiro atoms. The molecule has 5 nitrogen and oxygen atoms in total. The Hall–Kier alpha value is -2.89. The van der Waals surface area contributed by atoms with Crippen molar-refractivity contribution in [2.45, 2.75) is 17.2 Å². The molecule has 0 aliphatic rings. The first-order chi connectivity index (χ1) is 15.9. The number of halogens is 2. The van der Waals surface area contributed by atoms with Crippen LogP contribution in [0.4, 0.5) is 5.13 Å². The molecule has 9 heteroatoms. The fourth-order valence-corrected chi connectivity index (χ4v) is 4.91. The molecule has 1 atom stereocenters. The molecular weight excluding hydrogens is 495 g/mol. The summed E-state index contributed by atoms with van der Waals surface area (Å²) < 4.78 is 0. The number of carbonyl (C=O) groups is 1. The standard InChI is InChI=1S/C24H16Cl2N4OS2/c1-14(22(31)30-24-29-21(13-32-24)18-4-2-3-5-19(18)26)33-23-16(12-27)8-11-20(28-23)15-6-9-17(25)10-7-15/h2-11,13-14H,1H3,(H,29,30,31). The van der Waals surface area contributed by atoms with E-state index in [0.717, 1.165) is 11.1 Å². The van der Waals surface area contributed by atoms with Gasteiger partial charge in [-0.3, -0.25) is 4.79 Å². The van der Waals surface area contributed by atoms with E-state index in [1.54, 1.807) is 37.3 Å². The molecule has 1 unspecified atom stereocenters. The maximum absolute atomic E-state index is 12.8. The molecule has 0 aliphatic carbocycles. The fourth-order valence-electron chi connectivity index (χ4n) is 2.95. The van der Waals surface area contributed by atoms with Crippen LogP contribution in [0.5, 0.6) is 0 Å². The number of aromatic nitrogens is 2. The Bertz CT molecular complexity index is 1350. The van der Waals surface area contributed by atoms with Gasteiger partial charge in [-0.1, -0.05) is 65.3 Å². The van der Waals surface area contributed by atoms with Gasteiger partial charge in [0.2, 0.25) is 5.91 Å². The van der Waals surface area contributed by atoms with Gasteiger partial charge in [-0.25, -0.2) is 9.97 Å². The Morgan fingerprint density at radius 2 is 1.82 bits per heavy atom. The van der Waals surface area contributed by atoms with Gasteiger partial charge in [0.25, 0.3) is 0 Å². The topological polar surface area (TPSA) is 78.7 Å². The summed E-state index contributed by atoms with van der Waals surface area (Å²) in [5.74, 6) is -0.234. The largest absolute Gasteiger partial charge is 0.301 e. The first-order valence-corrected chi connectivity index (χ1v) is 12.3. The lowest BCUT2D eigenvalue weighted by molar-refractivity contribution is -0.115. The van der Waals surface area contributed by atoms with Crippen LogP contribution in [0.2, 0.25) is 10.0 Å². The number of thioether (sulfide) groups is 1. The van der Waals surface area contributed by atoms with Crippen molar-refractivity contribution in [2.24, 2.45) is 0 Å². The second-order valence-electron chi connectivity index (χ2n) is 6.93. The molecule has 2 aromatic carbocycles. The summed E-state index contributed by atoms with van der Waals surface area (Å²) in [5, 5.41) is 15.9. The maximum atomic E-state index is 12.8. The Labute approximate surface area is 209 Å². The van der Waals surface area contributed by atoms with E-state index in [9.17, 15) is 10.1 Å².